The minimum atomic E-state index is -3.94. The molecule has 0 saturated heterocycles. The predicted octanol–water partition coefficient (Wildman–Crippen LogP) is 4.93. The molecule has 0 unspecified atom stereocenters. The van der Waals surface area contributed by atoms with Crippen molar-refractivity contribution in [3.05, 3.63) is 88.4 Å². The highest BCUT2D eigenvalue weighted by Crippen LogP contribution is 2.33. The number of carbonyl (C=O) groups is 1. The second-order valence-corrected chi connectivity index (χ2v) is 10.5. The smallest absolute Gasteiger partial charge is 0.264 e. The minimum Gasteiger partial charge on any atom is -0.307 e. The molecule has 1 amide bonds. The number of benzene rings is 3. The Morgan fingerprint density at radius 2 is 1.77 bits per heavy atom. The van der Waals surface area contributed by atoms with Crippen molar-refractivity contribution in [3.63, 3.8) is 0 Å². The van der Waals surface area contributed by atoms with Crippen LogP contribution in [-0.4, -0.2) is 26.9 Å². The van der Waals surface area contributed by atoms with Crippen molar-refractivity contribution in [1.29, 1.82) is 0 Å². The van der Waals surface area contributed by atoms with Gasteiger partial charge in [-0.1, -0.05) is 57.9 Å². The van der Waals surface area contributed by atoms with Crippen LogP contribution in [0.5, 0.6) is 0 Å². The Kier molecular flexibility index (Phi) is 5.90. The van der Waals surface area contributed by atoms with E-state index >= 15 is 0 Å². The summed E-state index contributed by atoms with van der Waals surface area (Å²) in [5, 5.41) is 0. The molecule has 1 aliphatic heterocycles. The molecule has 3 aromatic carbocycles. The Hall–Kier alpha value is -2.64. The zero-order valence-corrected chi connectivity index (χ0v) is 19.7. The summed E-state index contributed by atoms with van der Waals surface area (Å²) in [5.41, 5.74) is 3.34. The largest absolute Gasteiger partial charge is 0.307 e. The van der Waals surface area contributed by atoms with Crippen LogP contribution in [-0.2, 0) is 21.2 Å². The topological polar surface area (TPSA) is 57.7 Å². The van der Waals surface area contributed by atoms with Crippen molar-refractivity contribution >= 4 is 43.2 Å². The van der Waals surface area contributed by atoms with Crippen LogP contribution < -0.4 is 9.21 Å². The summed E-state index contributed by atoms with van der Waals surface area (Å²) in [6.45, 7) is 3.60. The minimum absolute atomic E-state index is 0.0312. The average molecular weight is 499 g/mol. The summed E-state index contributed by atoms with van der Waals surface area (Å²) >= 11 is 3.41. The van der Waals surface area contributed by atoms with Gasteiger partial charge in [0.05, 0.1) is 10.6 Å². The number of amides is 1. The van der Waals surface area contributed by atoms with Crippen LogP contribution in [0.15, 0.2) is 82.2 Å². The summed E-state index contributed by atoms with van der Waals surface area (Å²) < 4.78 is 29.1. The van der Waals surface area contributed by atoms with E-state index < -0.39 is 10.0 Å². The first kappa shape index (κ1) is 21.6. The summed E-state index contributed by atoms with van der Waals surface area (Å²) in [5.74, 6) is -0.256. The van der Waals surface area contributed by atoms with Crippen molar-refractivity contribution in [1.82, 2.24) is 0 Å². The summed E-state index contributed by atoms with van der Waals surface area (Å²) in [6.07, 6.45) is 0.753. The zero-order valence-electron chi connectivity index (χ0n) is 17.3. The van der Waals surface area contributed by atoms with Gasteiger partial charge in [-0.15, -0.1) is 0 Å². The van der Waals surface area contributed by atoms with Crippen molar-refractivity contribution < 1.29 is 13.2 Å². The summed E-state index contributed by atoms with van der Waals surface area (Å²) in [7, 11) is -3.94. The predicted molar refractivity (Wildman–Crippen MR) is 127 cm³/mol. The molecule has 7 heteroatoms. The highest BCUT2D eigenvalue weighted by atomic mass is 79.9. The Morgan fingerprint density at radius 1 is 1.06 bits per heavy atom. The molecule has 1 aliphatic rings. The number of fused-ring (bicyclic) bond motifs is 1. The van der Waals surface area contributed by atoms with Gasteiger partial charge in [0, 0.05) is 16.2 Å². The van der Waals surface area contributed by atoms with Gasteiger partial charge in [0.2, 0.25) is 5.91 Å². The lowest BCUT2D eigenvalue weighted by atomic mass is 10.1. The van der Waals surface area contributed by atoms with Gasteiger partial charge in [0.1, 0.15) is 6.54 Å². The Bertz CT molecular complexity index is 1230. The van der Waals surface area contributed by atoms with Gasteiger partial charge in [-0.2, -0.15) is 0 Å². The first-order valence-electron chi connectivity index (χ1n) is 10.0. The molecule has 0 aliphatic carbocycles. The van der Waals surface area contributed by atoms with E-state index in [0.29, 0.717) is 5.69 Å². The molecule has 0 aromatic heterocycles. The van der Waals surface area contributed by atoms with Crippen LogP contribution in [0.2, 0.25) is 0 Å². The van der Waals surface area contributed by atoms with Crippen molar-refractivity contribution in [2.45, 2.75) is 31.2 Å². The van der Waals surface area contributed by atoms with Crippen LogP contribution >= 0.6 is 15.9 Å². The number of rotatable bonds is 5. The highest BCUT2D eigenvalue weighted by Gasteiger charge is 2.34. The number of aryl methyl sites for hydroxylation is 1. The van der Waals surface area contributed by atoms with E-state index in [2.05, 4.69) is 15.9 Å². The van der Waals surface area contributed by atoms with Gasteiger partial charge in [-0.05, 0) is 62.2 Å². The van der Waals surface area contributed by atoms with E-state index in [1.165, 1.54) is 4.31 Å². The third-order valence-electron chi connectivity index (χ3n) is 5.46. The number of anilines is 2. The number of hydrogen-bond donors (Lipinski definition) is 0. The van der Waals surface area contributed by atoms with Crippen LogP contribution in [0.4, 0.5) is 11.4 Å². The Balaban J connectivity index is 1.74. The first-order chi connectivity index (χ1) is 14.8. The van der Waals surface area contributed by atoms with Gasteiger partial charge in [0.15, 0.2) is 0 Å². The zero-order chi connectivity index (χ0) is 22.2. The molecule has 0 saturated carbocycles. The van der Waals surface area contributed by atoms with Crippen LogP contribution in [0.3, 0.4) is 0 Å². The number of sulfonamides is 1. The molecule has 1 atom stereocenters. The van der Waals surface area contributed by atoms with Crippen molar-refractivity contribution in [2.75, 3.05) is 15.7 Å². The molecule has 160 valence electrons. The van der Waals surface area contributed by atoms with E-state index in [1.54, 1.807) is 47.4 Å². The normalized spacial score (nSPS) is 15.6. The molecule has 5 nitrogen and oxygen atoms in total. The molecule has 0 radical (unpaired) electrons. The van der Waals surface area contributed by atoms with E-state index in [-0.39, 0.29) is 23.4 Å². The molecule has 4 rings (SSSR count). The lowest BCUT2D eigenvalue weighted by molar-refractivity contribution is -0.117. The van der Waals surface area contributed by atoms with Gasteiger partial charge in [0.25, 0.3) is 10.0 Å². The number of hydrogen-bond acceptors (Lipinski definition) is 3. The second kappa shape index (κ2) is 8.48. The average Bonchev–Trinajstić information content (AvgIpc) is 3.07. The van der Waals surface area contributed by atoms with E-state index in [4.69, 9.17) is 0 Å². The lowest BCUT2D eigenvalue weighted by Gasteiger charge is -2.29. The molecular weight excluding hydrogens is 476 g/mol. The van der Waals surface area contributed by atoms with Gasteiger partial charge in [-0.25, -0.2) is 8.42 Å². The van der Waals surface area contributed by atoms with Crippen LogP contribution in [0, 0.1) is 6.92 Å². The van der Waals surface area contributed by atoms with E-state index in [0.717, 1.165) is 27.7 Å². The highest BCUT2D eigenvalue weighted by molar-refractivity contribution is 9.10. The van der Waals surface area contributed by atoms with Gasteiger partial charge >= 0.3 is 0 Å². The second-order valence-electron chi connectivity index (χ2n) is 7.75. The molecule has 1 heterocycles. The first-order valence-corrected chi connectivity index (χ1v) is 12.3. The van der Waals surface area contributed by atoms with Crippen LogP contribution in [0.1, 0.15) is 18.1 Å². The Labute approximate surface area is 191 Å². The molecule has 0 bridgehead atoms. The SMILES string of the molecule is Cc1ccc(S(=O)(=O)N(CC(=O)N2c3ccccc3C[C@H]2C)c2cccc(Br)c2)cc1. The fourth-order valence-electron chi connectivity index (χ4n) is 3.93. The van der Waals surface area contributed by atoms with Gasteiger partial charge < -0.3 is 4.90 Å². The standard InChI is InChI=1S/C24H23BrN2O3S/c1-17-10-12-22(13-11-17)31(29,30)26(21-8-5-7-20(25)15-21)16-24(28)27-18(2)14-19-6-3-4-9-23(19)27/h3-13,15,18H,14,16H2,1-2H3/t18-/m1/s1. The van der Waals surface area contributed by atoms with E-state index in [1.807, 2.05) is 44.2 Å². The van der Waals surface area contributed by atoms with Crippen molar-refractivity contribution in [2.24, 2.45) is 0 Å². The molecular formula is C24H23BrN2O3S. The monoisotopic (exact) mass is 498 g/mol. The quantitative estimate of drug-likeness (QED) is 0.500. The molecule has 0 spiro atoms. The lowest BCUT2D eigenvalue weighted by Crippen LogP contribution is -2.45. The third-order valence-corrected chi connectivity index (χ3v) is 7.74. The van der Waals surface area contributed by atoms with Crippen molar-refractivity contribution in [3.8, 4) is 0 Å². The number of halogens is 1. The maximum atomic E-state index is 13.6. The van der Waals surface area contributed by atoms with E-state index in [9.17, 15) is 13.2 Å². The molecule has 0 fully saturated rings. The summed E-state index contributed by atoms with van der Waals surface area (Å²) in [4.78, 5) is 15.3. The molecule has 3 aromatic rings. The maximum absolute atomic E-state index is 13.6. The number of carbonyl (C=O) groups excluding carboxylic acids is 1. The number of para-hydroxylation sites is 1. The Morgan fingerprint density at radius 3 is 2.48 bits per heavy atom. The molecule has 31 heavy (non-hydrogen) atoms. The number of nitrogens with zero attached hydrogens (tertiary/aromatic N) is 2. The summed E-state index contributed by atoms with van der Waals surface area (Å²) in [6, 6.07) is 21.4. The van der Waals surface area contributed by atoms with Crippen LogP contribution in [0.25, 0.3) is 0 Å². The maximum Gasteiger partial charge on any atom is 0.264 e. The molecule has 0 N–H and O–H groups in total. The fraction of sp³-hybridized carbons (Fsp3) is 0.208. The third kappa shape index (κ3) is 4.25. The fourth-order valence-corrected chi connectivity index (χ4v) is 5.72. The van der Waals surface area contributed by atoms with Gasteiger partial charge in [-0.3, -0.25) is 9.10 Å².